The lowest BCUT2D eigenvalue weighted by atomic mass is 10.1. The summed E-state index contributed by atoms with van der Waals surface area (Å²) < 4.78 is 0. The van der Waals surface area contributed by atoms with Crippen molar-refractivity contribution in [1.29, 1.82) is 0 Å². The fourth-order valence-electron chi connectivity index (χ4n) is 1.01. The summed E-state index contributed by atoms with van der Waals surface area (Å²) in [6.07, 6.45) is 5.13. The summed E-state index contributed by atoms with van der Waals surface area (Å²) in [5.74, 6) is 0.0858. The lowest BCUT2D eigenvalue weighted by molar-refractivity contribution is -0.113. The van der Waals surface area contributed by atoms with Gasteiger partial charge in [-0.1, -0.05) is 25.8 Å². The average Bonchev–Trinajstić information content (AvgIpc) is 2.10. The fourth-order valence-corrected chi connectivity index (χ4v) is 1.01. The predicted molar refractivity (Wildman–Crippen MR) is 54.6 cm³/mol. The van der Waals surface area contributed by atoms with Crippen molar-refractivity contribution in [3.63, 3.8) is 0 Å². The van der Waals surface area contributed by atoms with E-state index in [1.54, 1.807) is 13.8 Å². The van der Waals surface area contributed by atoms with Gasteiger partial charge in [0.15, 0.2) is 5.78 Å². The standard InChI is InChI=1S/C11H20O2/c1-4-5-6-11(13)8-7-9(2)10(3)12/h7,11,13H,4-6,8H2,1-3H3. The van der Waals surface area contributed by atoms with Crippen LogP contribution >= 0.6 is 0 Å². The van der Waals surface area contributed by atoms with Crippen molar-refractivity contribution in [3.8, 4) is 0 Å². The molecule has 76 valence electrons. The van der Waals surface area contributed by atoms with Crippen molar-refractivity contribution in [1.82, 2.24) is 0 Å². The van der Waals surface area contributed by atoms with Gasteiger partial charge in [-0.05, 0) is 32.3 Å². The second-order valence-electron chi connectivity index (χ2n) is 3.48. The third kappa shape index (κ3) is 6.52. The zero-order valence-corrected chi connectivity index (χ0v) is 8.84. The van der Waals surface area contributed by atoms with Crippen LogP contribution in [0.1, 0.15) is 46.5 Å². The van der Waals surface area contributed by atoms with Crippen LogP contribution in [0.15, 0.2) is 11.6 Å². The molecule has 0 fully saturated rings. The van der Waals surface area contributed by atoms with Gasteiger partial charge in [-0.25, -0.2) is 0 Å². The zero-order chi connectivity index (χ0) is 10.3. The smallest absolute Gasteiger partial charge is 0.155 e. The van der Waals surface area contributed by atoms with E-state index in [0.717, 1.165) is 24.8 Å². The fraction of sp³-hybridized carbons (Fsp3) is 0.727. The van der Waals surface area contributed by atoms with Gasteiger partial charge in [-0.3, -0.25) is 4.79 Å². The van der Waals surface area contributed by atoms with Gasteiger partial charge in [-0.2, -0.15) is 0 Å². The largest absolute Gasteiger partial charge is 0.393 e. The van der Waals surface area contributed by atoms with Crippen LogP contribution in [0.3, 0.4) is 0 Å². The first-order valence-electron chi connectivity index (χ1n) is 4.93. The molecule has 2 heteroatoms. The number of allylic oxidation sites excluding steroid dienone is 1. The lowest BCUT2D eigenvalue weighted by Crippen LogP contribution is -2.05. The molecule has 1 N–H and O–H groups in total. The molecule has 0 aliphatic rings. The van der Waals surface area contributed by atoms with Gasteiger partial charge in [0.2, 0.25) is 0 Å². The van der Waals surface area contributed by atoms with E-state index in [9.17, 15) is 9.90 Å². The molecular formula is C11H20O2. The first-order valence-corrected chi connectivity index (χ1v) is 4.93. The average molecular weight is 184 g/mol. The van der Waals surface area contributed by atoms with E-state index >= 15 is 0 Å². The molecule has 0 bridgehead atoms. The molecular weight excluding hydrogens is 164 g/mol. The monoisotopic (exact) mass is 184 g/mol. The molecule has 0 aromatic heterocycles. The number of aliphatic hydroxyl groups is 1. The van der Waals surface area contributed by atoms with Crippen molar-refractivity contribution in [2.45, 2.75) is 52.6 Å². The Kier molecular flexibility index (Phi) is 6.51. The normalized spacial score (nSPS) is 14.3. The molecule has 2 nitrogen and oxygen atoms in total. The van der Waals surface area contributed by atoms with Gasteiger partial charge in [0.1, 0.15) is 0 Å². The van der Waals surface area contributed by atoms with E-state index in [1.807, 2.05) is 6.08 Å². The van der Waals surface area contributed by atoms with Crippen molar-refractivity contribution in [2.75, 3.05) is 0 Å². The minimum absolute atomic E-state index is 0.0858. The van der Waals surface area contributed by atoms with Crippen LogP contribution in [0.5, 0.6) is 0 Å². The van der Waals surface area contributed by atoms with Crippen molar-refractivity contribution in [2.24, 2.45) is 0 Å². The molecule has 0 aromatic carbocycles. The van der Waals surface area contributed by atoms with Crippen LogP contribution < -0.4 is 0 Å². The molecule has 0 saturated carbocycles. The maximum Gasteiger partial charge on any atom is 0.155 e. The predicted octanol–water partition coefficient (Wildman–Crippen LogP) is 2.46. The summed E-state index contributed by atoms with van der Waals surface area (Å²) in [5, 5.41) is 9.46. The van der Waals surface area contributed by atoms with Gasteiger partial charge in [0, 0.05) is 0 Å². The Morgan fingerprint density at radius 2 is 2.08 bits per heavy atom. The number of hydrogen-bond acceptors (Lipinski definition) is 2. The molecule has 0 saturated heterocycles. The summed E-state index contributed by atoms with van der Waals surface area (Å²) in [6, 6.07) is 0. The van der Waals surface area contributed by atoms with Crippen molar-refractivity contribution in [3.05, 3.63) is 11.6 Å². The maximum absolute atomic E-state index is 10.8. The highest BCUT2D eigenvalue weighted by atomic mass is 16.3. The van der Waals surface area contributed by atoms with E-state index in [-0.39, 0.29) is 11.9 Å². The van der Waals surface area contributed by atoms with Gasteiger partial charge in [0.05, 0.1) is 6.10 Å². The van der Waals surface area contributed by atoms with Gasteiger partial charge in [-0.15, -0.1) is 0 Å². The molecule has 0 spiro atoms. The van der Waals surface area contributed by atoms with E-state index in [2.05, 4.69) is 6.92 Å². The van der Waals surface area contributed by atoms with Crippen LogP contribution in [0.25, 0.3) is 0 Å². The molecule has 1 unspecified atom stereocenters. The Labute approximate surface area is 80.7 Å². The molecule has 0 amide bonds. The SMILES string of the molecule is CCCCC(O)CC=C(C)C(C)=O. The quantitative estimate of drug-likeness (QED) is 0.644. The minimum atomic E-state index is -0.283. The summed E-state index contributed by atoms with van der Waals surface area (Å²) >= 11 is 0. The minimum Gasteiger partial charge on any atom is -0.393 e. The summed E-state index contributed by atoms with van der Waals surface area (Å²) in [7, 11) is 0. The molecule has 0 aliphatic carbocycles. The lowest BCUT2D eigenvalue weighted by Gasteiger charge is -2.06. The Bertz CT molecular complexity index is 183. The summed E-state index contributed by atoms with van der Waals surface area (Å²) in [4.78, 5) is 10.8. The number of carbonyl (C=O) groups excluding carboxylic acids is 1. The molecule has 0 heterocycles. The van der Waals surface area contributed by atoms with E-state index < -0.39 is 0 Å². The number of unbranched alkanes of at least 4 members (excludes halogenated alkanes) is 1. The molecule has 0 radical (unpaired) electrons. The van der Waals surface area contributed by atoms with Crippen molar-refractivity contribution < 1.29 is 9.90 Å². The first-order chi connectivity index (χ1) is 6.07. The highest BCUT2D eigenvalue weighted by Gasteiger charge is 2.02. The first kappa shape index (κ1) is 12.4. The van der Waals surface area contributed by atoms with Crippen LogP contribution in [0.4, 0.5) is 0 Å². The number of Topliss-reactive ketones (excluding diaryl/α,β-unsaturated/α-hetero) is 1. The third-order valence-corrected chi connectivity index (χ3v) is 2.14. The Morgan fingerprint density at radius 3 is 2.54 bits per heavy atom. The second kappa shape index (κ2) is 6.84. The molecule has 0 rings (SSSR count). The number of ketones is 1. The van der Waals surface area contributed by atoms with Gasteiger partial charge in [0.25, 0.3) is 0 Å². The Balaban J connectivity index is 3.73. The van der Waals surface area contributed by atoms with E-state index in [1.165, 1.54) is 0 Å². The van der Waals surface area contributed by atoms with Crippen LogP contribution in [-0.4, -0.2) is 17.0 Å². The van der Waals surface area contributed by atoms with Gasteiger partial charge < -0.3 is 5.11 Å². The molecule has 0 aromatic rings. The summed E-state index contributed by atoms with van der Waals surface area (Å²) in [5.41, 5.74) is 0.746. The van der Waals surface area contributed by atoms with Crippen LogP contribution in [0.2, 0.25) is 0 Å². The highest BCUT2D eigenvalue weighted by molar-refractivity contribution is 5.92. The molecule has 13 heavy (non-hydrogen) atoms. The number of hydrogen-bond donors (Lipinski definition) is 1. The van der Waals surface area contributed by atoms with Crippen LogP contribution in [-0.2, 0) is 4.79 Å². The van der Waals surface area contributed by atoms with Gasteiger partial charge >= 0.3 is 0 Å². The van der Waals surface area contributed by atoms with E-state index in [0.29, 0.717) is 6.42 Å². The molecule has 0 aliphatic heterocycles. The highest BCUT2D eigenvalue weighted by Crippen LogP contribution is 2.06. The molecule has 1 atom stereocenters. The summed E-state index contributed by atoms with van der Waals surface area (Å²) in [6.45, 7) is 5.43. The Morgan fingerprint density at radius 1 is 1.46 bits per heavy atom. The second-order valence-corrected chi connectivity index (χ2v) is 3.48. The van der Waals surface area contributed by atoms with Crippen molar-refractivity contribution >= 4 is 5.78 Å². The van der Waals surface area contributed by atoms with Crippen LogP contribution in [0, 0.1) is 0 Å². The third-order valence-electron chi connectivity index (χ3n) is 2.14. The zero-order valence-electron chi connectivity index (χ0n) is 8.84. The maximum atomic E-state index is 10.8. The number of carbonyl (C=O) groups is 1. The van der Waals surface area contributed by atoms with E-state index in [4.69, 9.17) is 0 Å². The topological polar surface area (TPSA) is 37.3 Å². The Hall–Kier alpha value is -0.630. The number of aliphatic hydroxyl groups excluding tert-OH is 1. The number of rotatable bonds is 6.